The van der Waals surface area contributed by atoms with Crippen LogP contribution in [0.5, 0.6) is 0 Å². The van der Waals surface area contributed by atoms with Crippen LogP contribution in [-0.2, 0) is 4.79 Å². The topological polar surface area (TPSA) is 57.6 Å². The molecule has 120 valence electrons. The van der Waals surface area contributed by atoms with Gasteiger partial charge in [-0.15, -0.1) is 0 Å². The van der Waals surface area contributed by atoms with E-state index in [1.54, 1.807) is 11.8 Å². The van der Waals surface area contributed by atoms with Crippen molar-refractivity contribution in [1.82, 2.24) is 4.90 Å². The summed E-state index contributed by atoms with van der Waals surface area (Å²) >= 11 is 0. The van der Waals surface area contributed by atoms with E-state index in [1.807, 2.05) is 0 Å². The van der Waals surface area contributed by atoms with Crippen LogP contribution in [0, 0.1) is 5.82 Å². The molecule has 1 N–H and O–H groups in total. The average molecular weight is 307 g/mol. The number of rotatable bonds is 6. The molecule has 1 heterocycles. The highest BCUT2D eigenvalue weighted by Crippen LogP contribution is 2.23. The number of benzene rings is 1. The van der Waals surface area contributed by atoms with Crippen molar-refractivity contribution in [2.75, 3.05) is 6.54 Å². The first-order chi connectivity index (χ1) is 10.5. The van der Waals surface area contributed by atoms with Gasteiger partial charge in [0.05, 0.1) is 6.10 Å². The maximum absolute atomic E-state index is 12.8. The average Bonchev–Trinajstić information content (AvgIpc) is 2.92. The second kappa shape index (κ2) is 7.49. The van der Waals surface area contributed by atoms with Crippen molar-refractivity contribution in [3.63, 3.8) is 0 Å². The Labute approximate surface area is 129 Å². The lowest BCUT2D eigenvalue weighted by molar-refractivity contribution is -0.132. The fourth-order valence-electron chi connectivity index (χ4n) is 2.95. The molecular formula is C17H22FNO3. The predicted octanol–water partition coefficient (Wildman–Crippen LogP) is 2.55. The highest BCUT2D eigenvalue weighted by Gasteiger charge is 2.29. The van der Waals surface area contributed by atoms with Crippen LogP contribution in [0.15, 0.2) is 24.3 Å². The molecule has 0 aromatic heterocycles. The number of hydrogen-bond acceptors (Lipinski definition) is 3. The summed E-state index contributed by atoms with van der Waals surface area (Å²) < 4.78 is 12.8. The maximum Gasteiger partial charge on any atom is 0.223 e. The van der Waals surface area contributed by atoms with Crippen molar-refractivity contribution in [2.45, 2.75) is 51.2 Å². The van der Waals surface area contributed by atoms with Crippen molar-refractivity contribution in [3.05, 3.63) is 35.6 Å². The van der Waals surface area contributed by atoms with Gasteiger partial charge >= 0.3 is 0 Å². The first kappa shape index (κ1) is 16.6. The van der Waals surface area contributed by atoms with Crippen LogP contribution in [0.25, 0.3) is 0 Å². The standard InChI is InChI=1S/C17H22FNO3/c1-12(20)11-15-3-2-10-19(15)17(22)9-8-16(21)13-4-6-14(18)7-5-13/h4-7,12,15,20H,2-3,8-11H2,1H3. The number of aliphatic hydroxyl groups is 1. The SMILES string of the molecule is CC(O)CC1CCCN1C(=O)CCC(=O)c1ccc(F)cc1. The summed E-state index contributed by atoms with van der Waals surface area (Å²) in [5.41, 5.74) is 0.427. The van der Waals surface area contributed by atoms with Crippen LogP contribution in [0.3, 0.4) is 0 Å². The Morgan fingerprint density at radius 3 is 2.64 bits per heavy atom. The number of likely N-dealkylation sites (tertiary alicyclic amines) is 1. The summed E-state index contributed by atoms with van der Waals surface area (Å²) in [7, 11) is 0. The first-order valence-electron chi connectivity index (χ1n) is 7.73. The Morgan fingerprint density at radius 1 is 1.32 bits per heavy atom. The fraction of sp³-hybridized carbons (Fsp3) is 0.529. The summed E-state index contributed by atoms with van der Waals surface area (Å²) in [5.74, 6) is -0.580. The van der Waals surface area contributed by atoms with E-state index in [9.17, 15) is 19.1 Å². The van der Waals surface area contributed by atoms with Gasteiger partial charge in [0, 0.05) is 31.0 Å². The molecule has 1 aromatic carbocycles. The van der Waals surface area contributed by atoms with Crippen LogP contribution in [-0.4, -0.2) is 40.4 Å². The monoisotopic (exact) mass is 307 g/mol. The summed E-state index contributed by atoms with van der Waals surface area (Å²) in [6.45, 7) is 2.42. The van der Waals surface area contributed by atoms with Crippen molar-refractivity contribution < 1.29 is 19.1 Å². The Bertz CT molecular complexity index is 527. The van der Waals surface area contributed by atoms with Gasteiger partial charge in [0.25, 0.3) is 0 Å². The van der Waals surface area contributed by atoms with Gasteiger partial charge in [0.1, 0.15) is 5.82 Å². The van der Waals surface area contributed by atoms with Gasteiger partial charge < -0.3 is 10.0 Å². The number of amides is 1. The molecule has 0 saturated carbocycles. The highest BCUT2D eigenvalue weighted by atomic mass is 19.1. The summed E-state index contributed by atoms with van der Waals surface area (Å²) in [5, 5.41) is 9.48. The Hall–Kier alpha value is -1.75. The smallest absolute Gasteiger partial charge is 0.223 e. The predicted molar refractivity (Wildman–Crippen MR) is 81.0 cm³/mol. The number of nitrogens with zero attached hydrogens (tertiary/aromatic N) is 1. The fourth-order valence-corrected chi connectivity index (χ4v) is 2.95. The molecule has 1 aliphatic rings. The number of carbonyl (C=O) groups excluding carboxylic acids is 2. The molecular weight excluding hydrogens is 285 g/mol. The molecule has 2 atom stereocenters. The van der Waals surface area contributed by atoms with Gasteiger partial charge in [-0.2, -0.15) is 0 Å². The lowest BCUT2D eigenvalue weighted by atomic mass is 10.0. The first-order valence-corrected chi connectivity index (χ1v) is 7.73. The van der Waals surface area contributed by atoms with E-state index in [-0.39, 0.29) is 36.4 Å². The van der Waals surface area contributed by atoms with Crippen LogP contribution < -0.4 is 0 Å². The van der Waals surface area contributed by atoms with Crippen molar-refractivity contribution in [3.8, 4) is 0 Å². The van der Waals surface area contributed by atoms with Gasteiger partial charge in [-0.3, -0.25) is 9.59 Å². The lowest BCUT2D eigenvalue weighted by Crippen LogP contribution is -2.37. The van der Waals surface area contributed by atoms with E-state index >= 15 is 0 Å². The minimum absolute atomic E-state index is 0.0430. The minimum atomic E-state index is -0.431. The summed E-state index contributed by atoms with van der Waals surface area (Å²) in [4.78, 5) is 26.0. The third kappa shape index (κ3) is 4.37. The number of aliphatic hydroxyl groups excluding tert-OH is 1. The van der Waals surface area contributed by atoms with E-state index in [0.717, 1.165) is 12.8 Å². The van der Waals surface area contributed by atoms with E-state index < -0.39 is 6.10 Å². The number of halogens is 1. The van der Waals surface area contributed by atoms with E-state index in [2.05, 4.69) is 0 Å². The third-order valence-electron chi connectivity index (χ3n) is 4.04. The van der Waals surface area contributed by atoms with Crippen molar-refractivity contribution in [1.29, 1.82) is 0 Å². The van der Waals surface area contributed by atoms with Gasteiger partial charge in [0.15, 0.2) is 5.78 Å². The molecule has 4 nitrogen and oxygen atoms in total. The van der Waals surface area contributed by atoms with Gasteiger partial charge in [0.2, 0.25) is 5.91 Å². The van der Waals surface area contributed by atoms with Gasteiger partial charge in [-0.1, -0.05) is 0 Å². The molecule has 1 fully saturated rings. The Balaban J connectivity index is 1.86. The minimum Gasteiger partial charge on any atom is -0.393 e. The normalized spacial score (nSPS) is 19.2. The van der Waals surface area contributed by atoms with Crippen LogP contribution in [0.1, 0.15) is 49.4 Å². The number of ketones is 1. The number of hydrogen-bond donors (Lipinski definition) is 1. The summed E-state index contributed by atoms with van der Waals surface area (Å²) in [6.07, 6.45) is 2.28. The summed E-state index contributed by atoms with van der Waals surface area (Å²) in [6, 6.07) is 5.44. The second-order valence-corrected chi connectivity index (χ2v) is 5.90. The molecule has 0 aliphatic carbocycles. The molecule has 1 aromatic rings. The van der Waals surface area contributed by atoms with Crippen molar-refractivity contribution in [2.24, 2.45) is 0 Å². The quantitative estimate of drug-likeness (QED) is 0.822. The molecule has 0 spiro atoms. The molecule has 2 rings (SSSR count). The zero-order valence-electron chi connectivity index (χ0n) is 12.8. The molecule has 1 aliphatic heterocycles. The molecule has 22 heavy (non-hydrogen) atoms. The lowest BCUT2D eigenvalue weighted by Gasteiger charge is -2.25. The molecule has 2 unspecified atom stereocenters. The van der Waals surface area contributed by atoms with Gasteiger partial charge in [-0.25, -0.2) is 4.39 Å². The molecule has 0 bridgehead atoms. The number of Topliss-reactive ketones (excluding diaryl/α,β-unsaturated/α-hetero) is 1. The van der Waals surface area contributed by atoms with E-state index in [0.29, 0.717) is 18.5 Å². The maximum atomic E-state index is 12.8. The molecule has 5 heteroatoms. The second-order valence-electron chi connectivity index (χ2n) is 5.90. The van der Waals surface area contributed by atoms with Crippen LogP contribution >= 0.6 is 0 Å². The Kier molecular flexibility index (Phi) is 5.66. The van der Waals surface area contributed by atoms with Crippen molar-refractivity contribution >= 4 is 11.7 Å². The van der Waals surface area contributed by atoms with E-state index in [4.69, 9.17) is 0 Å². The highest BCUT2D eigenvalue weighted by molar-refractivity contribution is 5.97. The molecule has 0 radical (unpaired) electrons. The molecule has 1 amide bonds. The molecule has 1 saturated heterocycles. The van der Waals surface area contributed by atoms with Crippen LogP contribution in [0.4, 0.5) is 4.39 Å². The van der Waals surface area contributed by atoms with E-state index in [1.165, 1.54) is 24.3 Å². The number of carbonyl (C=O) groups is 2. The zero-order valence-corrected chi connectivity index (χ0v) is 12.8. The van der Waals surface area contributed by atoms with Crippen LogP contribution in [0.2, 0.25) is 0 Å². The third-order valence-corrected chi connectivity index (χ3v) is 4.04. The van der Waals surface area contributed by atoms with Gasteiger partial charge in [-0.05, 0) is 50.5 Å². The zero-order chi connectivity index (χ0) is 16.1. The Morgan fingerprint density at radius 2 is 2.00 bits per heavy atom. The largest absolute Gasteiger partial charge is 0.393 e.